The van der Waals surface area contributed by atoms with Gasteiger partial charge in [0.05, 0.1) is 5.60 Å². The summed E-state index contributed by atoms with van der Waals surface area (Å²) in [5.74, 6) is -1.27. The van der Waals surface area contributed by atoms with Crippen LogP contribution in [-0.2, 0) is 9.53 Å². The van der Waals surface area contributed by atoms with Crippen molar-refractivity contribution in [2.24, 2.45) is 0 Å². The maximum Gasteiger partial charge on any atom is 0.408 e. The molecule has 0 aliphatic heterocycles. The highest BCUT2D eigenvalue weighted by Crippen LogP contribution is 2.34. The average molecular weight is 229 g/mol. The Morgan fingerprint density at radius 2 is 2.19 bits per heavy atom. The van der Waals surface area contributed by atoms with E-state index in [1.165, 1.54) is 6.08 Å². The van der Waals surface area contributed by atoms with Crippen LogP contribution in [-0.4, -0.2) is 40.5 Å². The largest absolute Gasteiger partial charge is 0.480 e. The SMILES string of the molecule is C=CCOC(=O)NC(C(=O)O)C1(O)CCC1. The normalized spacial score (nSPS) is 19.1. The van der Waals surface area contributed by atoms with Gasteiger partial charge in [-0.05, 0) is 19.3 Å². The summed E-state index contributed by atoms with van der Waals surface area (Å²) in [6.07, 6.45) is 1.99. The van der Waals surface area contributed by atoms with E-state index in [1.54, 1.807) is 0 Å². The molecule has 1 atom stereocenters. The first-order valence-corrected chi connectivity index (χ1v) is 4.99. The van der Waals surface area contributed by atoms with Gasteiger partial charge in [-0.2, -0.15) is 0 Å². The molecular formula is C10H15NO5. The number of aliphatic hydroxyl groups is 1. The van der Waals surface area contributed by atoms with Crippen LogP contribution in [0.15, 0.2) is 12.7 Å². The van der Waals surface area contributed by atoms with Gasteiger partial charge >= 0.3 is 12.1 Å². The van der Waals surface area contributed by atoms with Gasteiger partial charge in [-0.15, -0.1) is 0 Å². The Labute approximate surface area is 92.9 Å². The van der Waals surface area contributed by atoms with Crippen LogP contribution in [0.5, 0.6) is 0 Å². The van der Waals surface area contributed by atoms with E-state index in [2.05, 4.69) is 16.6 Å². The number of carboxylic acids is 1. The molecular weight excluding hydrogens is 214 g/mol. The van der Waals surface area contributed by atoms with Crippen molar-refractivity contribution in [3.05, 3.63) is 12.7 Å². The number of carboxylic acid groups (broad SMARTS) is 1. The highest BCUT2D eigenvalue weighted by molar-refractivity contribution is 5.81. The van der Waals surface area contributed by atoms with Crippen molar-refractivity contribution >= 4 is 12.1 Å². The molecule has 6 nitrogen and oxygen atoms in total. The third kappa shape index (κ3) is 2.73. The zero-order valence-electron chi connectivity index (χ0n) is 8.81. The molecule has 0 heterocycles. The quantitative estimate of drug-likeness (QED) is 0.588. The summed E-state index contributed by atoms with van der Waals surface area (Å²) in [5.41, 5.74) is -1.35. The summed E-state index contributed by atoms with van der Waals surface area (Å²) in [6.45, 7) is 3.35. The molecule has 1 aliphatic carbocycles. The van der Waals surface area contributed by atoms with E-state index >= 15 is 0 Å². The lowest BCUT2D eigenvalue weighted by atomic mass is 9.75. The van der Waals surface area contributed by atoms with Crippen molar-refractivity contribution in [3.8, 4) is 0 Å². The molecule has 0 spiro atoms. The summed E-state index contributed by atoms with van der Waals surface area (Å²) in [4.78, 5) is 22.0. The Bertz CT molecular complexity index is 298. The van der Waals surface area contributed by atoms with E-state index < -0.39 is 23.7 Å². The number of hydrogen-bond donors (Lipinski definition) is 3. The molecule has 0 bridgehead atoms. The molecule has 1 fully saturated rings. The first kappa shape index (κ1) is 12.5. The van der Waals surface area contributed by atoms with Crippen molar-refractivity contribution in [2.75, 3.05) is 6.61 Å². The molecule has 1 saturated carbocycles. The molecule has 0 saturated heterocycles. The van der Waals surface area contributed by atoms with Crippen molar-refractivity contribution in [2.45, 2.75) is 30.9 Å². The Morgan fingerprint density at radius 3 is 2.56 bits per heavy atom. The van der Waals surface area contributed by atoms with E-state index in [4.69, 9.17) is 5.11 Å². The molecule has 1 rings (SSSR count). The lowest BCUT2D eigenvalue weighted by molar-refractivity contribution is -0.152. The fourth-order valence-corrected chi connectivity index (χ4v) is 1.55. The molecule has 0 aromatic heterocycles. The van der Waals surface area contributed by atoms with Gasteiger partial charge in [-0.1, -0.05) is 12.7 Å². The lowest BCUT2D eigenvalue weighted by Gasteiger charge is -2.40. The summed E-state index contributed by atoms with van der Waals surface area (Å²) >= 11 is 0. The van der Waals surface area contributed by atoms with Crippen LogP contribution in [0.3, 0.4) is 0 Å². The maximum absolute atomic E-state index is 11.1. The summed E-state index contributed by atoms with van der Waals surface area (Å²) < 4.78 is 4.59. The smallest absolute Gasteiger partial charge is 0.408 e. The van der Waals surface area contributed by atoms with Crippen molar-refractivity contribution in [1.82, 2.24) is 5.32 Å². The van der Waals surface area contributed by atoms with Crippen LogP contribution in [0, 0.1) is 0 Å². The number of rotatable bonds is 5. The monoisotopic (exact) mass is 229 g/mol. The second-order valence-corrected chi connectivity index (χ2v) is 3.76. The summed E-state index contributed by atoms with van der Waals surface area (Å²) in [6, 6.07) is -1.32. The van der Waals surface area contributed by atoms with Gasteiger partial charge in [-0.3, -0.25) is 0 Å². The Morgan fingerprint density at radius 1 is 1.56 bits per heavy atom. The highest BCUT2D eigenvalue weighted by Gasteiger charge is 2.47. The number of alkyl carbamates (subject to hydrolysis) is 1. The molecule has 3 N–H and O–H groups in total. The standard InChI is InChI=1S/C10H15NO5/c1-2-6-16-9(14)11-7(8(12)13)10(15)4-3-5-10/h2,7,15H,1,3-6H2,(H,11,14)(H,12,13). The maximum atomic E-state index is 11.1. The van der Waals surface area contributed by atoms with Crippen molar-refractivity contribution in [3.63, 3.8) is 0 Å². The van der Waals surface area contributed by atoms with Gasteiger partial charge in [-0.25, -0.2) is 9.59 Å². The minimum Gasteiger partial charge on any atom is -0.480 e. The second-order valence-electron chi connectivity index (χ2n) is 3.76. The first-order valence-electron chi connectivity index (χ1n) is 4.99. The van der Waals surface area contributed by atoms with Crippen LogP contribution in [0.25, 0.3) is 0 Å². The summed E-state index contributed by atoms with van der Waals surface area (Å²) in [7, 11) is 0. The van der Waals surface area contributed by atoms with E-state index in [9.17, 15) is 14.7 Å². The number of carbonyl (C=O) groups is 2. The van der Waals surface area contributed by atoms with E-state index in [0.29, 0.717) is 12.8 Å². The zero-order chi connectivity index (χ0) is 12.2. The average Bonchev–Trinajstić information content (AvgIpc) is 2.19. The molecule has 1 aliphatic rings. The van der Waals surface area contributed by atoms with Crippen molar-refractivity contribution in [1.29, 1.82) is 0 Å². The number of carbonyl (C=O) groups excluding carboxylic acids is 1. The van der Waals surface area contributed by atoms with Crippen molar-refractivity contribution < 1.29 is 24.5 Å². The van der Waals surface area contributed by atoms with Crippen LogP contribution < -0.4 is 5.32 Å². The topological polar surface area (TPSA) is 95.9 Å². The Balaban J connectivity index is 2.55. The number of ether oxygens (including phenoxy) is 1. The molecule has 0 radical (unpaired) electrons. The van der Waals surface area contributed by atoms with E-state index in [0.717, 1.165) is 6.42 Å². The van der Waals surface area contributed by atoms with Gasteiger partial charge in [0, 0.05) is 0 Å². The second kappa shape index (κ2) is 4.98. The first-order chi connectivity index (χ1) is 7.49. The molecule has 1 unspecified atom stereocenters. The third-order valence-corrected chi connectivity index (χ3v) is 2.60. The number of amides is 1. The fraction of sp³-hybridized carbons (Fsp3) is 0.600. The minimum atomic E-state index is -1.35. The Hall–Kier alpha value is -1.56. The molecule has 1 amide bonds. The lowest BCUT2D eigenvalue weighted by Crippen LogP contribution is -2.60. The van der Waals surface area contributed by atoms with Gasteiger partial charge in [0.2, 0.25) is 0 Å². The zero-order valence-corrected chi connectivity index (χ0v) is 8.81. The van der Waals surface area contributed by atoms with E-state index in [-0.39, 0.29) is 6.61 Å². The summed E-state index contributed by atoms with van der Waals surface area (Å²) in [5, 5.41) is 20.9. The predicted molar refractivity (Wildman–Crippen MR) is 54.9 cm³/mol. The molecule has 0 aromatic rings. The number of nitrogens with one attached hydrogen (secondary N) is 1. The molecule has 6 heteroatoms. The Kier molecular flexibility index (Phi) is 3.89. The van der Waals surface area contributed by atoms with Crippen LogP contribution in [0.4, 0.5) is 4.79 Å². The van der Waals surface area contributed by atoms with Crippen LogP contribution >= 0.6 is 0 Å². The minimum absolute atomic E-state index is 0.00337. The molecule has 90 valence electrons. The molecule has 0 aromatic carbocycles. The number of hydrogen-bond acceptors (Lipinski definition) is 4. The van der Waals surface area contributed by atoms with Crippen LogP contribution in [0.2, 0.25) is 0 Å². The molecule has 16 heavy (non-hydrogen) atoms. The van der Waals surface area contributed by atoms with Gasteiger partial charge in [0.1, 0.15) is 6.61 Å². The van der Waals surface area contributed by atoms with E-state index in [1.807, 2.05) is 0 Å². The third-order valence-electron chi connectivity index (χ3n) is 2.60. The van der Waals surface area contributed by atoms with Crippen LogP contribution in [0.1, 0.15) is 19.3 Å². The fourth-order valence-electron chi connectivity index (χ4n) is 1.55. The predicted octanol–water partition coefficient (Wildman–Crippen LogP) is 0.267. The highest BCUT2D eigenvalue weighted by atomic mass is 16.5. The number of aliphatic carboxylic acids is 1. The van der Waals surface area contributed by atoms with Gasteiger partial charge < -0.3 is 20.3 Å². The van der Waals surface area contributed by atoms with Gasteiger partial charge in [0.25, 0.3) is 0 Å². The van der Waals surface area contributed by atoms with Gasteiger partial charge in [0.15, 0.2) is 6.04 Å².